The molecule has 110 valence electrons. The van der Waals surface area contributed by atoms with E-state index in [0.29, 0.717) is 23.9 Å². The highest BCUT2D eigenvalue weighted by molar-refractivity contribution is 5.48. The number of nitrogens with one attached hydrogen (secondary N) is 2. The number of fused-ring (bicyclic) bond motifs is 2. The standard InChI is InChI=1S/C14H22N4O2/c1-18-10-4-3-5-11(18)7-9(6-10)17-13-12(20-2)14(19)16-8-15-13/h8-11H,3-7H2,1-2H3,(H2,15,16,17,19). The van der Waals surface area contributed by atoms with Gasteiger partial charge in [0.15, 0.2) is 5.82 Å². The van der Waals surface area contributed by atoms with Gasteiger partial charge in [0.25, 0.3) is 5.56 Å². The van der Waals surface area contributed by atoms with Crippen LogP contribution in [0.2, 0.25) is 0 Å². The molecule has 2 saturated heterocycles. The third kappa shape index (κ3) is 2.40. The second-order valence-corrected chi connectivity index (χ2v) is 5.83. The van der Waals surface area contributed by atoms with E-state index in [1.165, 1.54) is 32.7 Å². The van der Waals surface area contributed by atoms with Gasteiger partial charge in [-0.2, -0.15) is 0 Å². The van der Waals surface area contributed by atoms with Crippen LogP contribution in [0.4, 0.5) is 5.82 Å². The van der Waals surface area contributed by atoms with Crippen molar-refractivity contribution in [1.29, 1.82) is 0 Å². The topological polar surface area (TPSA) is 70.2 Å². The van der Waals surface area contributed by atoms with Crippen molar-refractivity contribution in [2.45, 2.75) is 50.2 Å². The largest absolute Gasteiger partial charge is 0.489 e. The van der Waals surface area contributed by atoms with Crippen molar-refractivity contribution >= 4 is 5.82 Å². The van der Waals surface area contributed by atoms with E-state index in [1.807, 2.05) is 0 Å². The van der Waals surface area contributed by atoms with Gasteiger partial charge in [-0.05, 0) is 32.7 Å². The molecule has 0 spiro atoms. The van der Waals surface area contributed by atoms with Crippen molar-refractivity contribution in [2.75, 3.05) is 19.5 Å². The lowest BCUT2D eigenvalue weighted by atomic mass is 9.82. The molecule has 3 rings (SSSR count). The molecule has 0 aromatic carbocycles. The zero-order valence-electron chi connectivity index (χ0n) is 12.1. The van der Waals surface area contributed by atoms with Gasteiger partial charge in [0, 0.05) is 18.1 Å². The minimum absolute atomic E-state index is 0.238. The van der Waals surface area contributed by atoms with Crippen molar-refractivity contribution in [2.24, 2.45) is 0 Å². The van der Waals surface area contributed by atoms with Gasteiger partial charge >= 0.3 is 0 Å². The van der Waals surface area contributed by atoms with Crippen LogP contribution in [0.1, 0.15) is 32.1 Å². The molecule has 1 aromatic heterocycles. The molecule has 20 heavy (non-hydrogen) atoms. The van der Waals surface area contributed by atoms with E-state index >= 15 is 0 Å². The molecule has 6 heteroatoms. The first-order chi connectivity index (χ1) is 9.69. The molecule has 2 fully saturated rings. The summed E-state index contributed by atoms with van der Waals surface area (Å²) in [5, 5.41) is 3.41. The smallest absolute Gasteiger partial charge is 0.295 e. The molecule has 6 nitrogen and oxygen atoms in total. The van der Waals surface area contributed by atoms with E-state index < -0.39 is 0 Å². The molecular formula is C14H22N4O2. The highest BCUT2D eigenvalue weighted by Gasteiger charge is 2.36. The number of aromatic amines is 1. The number of anilines is 1. The Hall–Kier alpha value is -1.56. The average Bonchev–Trinajstić information content (AvgIpc) is 2.40. The molecule has 0 aliphatic carbocycles. The molecule has 2 atom stereocenters. The zero-order chi connectivity index (χ0) is 14.1. The van der Waals surface area contributed by atoms with Crippen LogP contribution in [-0.4, -0.2) is 47.2 Å². The summed E-state index contributed by atoms with van der Waals surface area (Å²) < 4.78 is 5.15. The third-order valence-electron chi connectivity index (χ3n) is 4.70. The lowest BCUT2D eigenvalue weighted by molar-refractivity contribution is 0.0607. The number of piperidine rings is 2. The maximum atomic E-state index is 11.7. The van der Waals surface area contributed by atoms with Crippen molar-refractivity contribution in [3.63, 3.8) is 0 Å². The predicted molar refractivity (Wildman–Crippen MR) is 77.2 cm³/mol. The number of ether oxygens (including phenoxy) is 1. The molecule has 0 radical (unpaired) electrons. The van der Waals surface area contributed by atoms with Gasteiger partial charge in [0.2, 0.25) is 5.75 Å². The fraction of sp³-hybridized carbons (Fsp3) is 0.714. The van der Waals surface area contributed by atoms with Crippen molar-refractivity contribution in [3.05, 3.63) is 16.7 Å². The SMILES string of the molecule is COc1c(NC2CC3CCCC(C2)N3C)nc[nH]c1=O. The first-order valence-corrected chi connectivity index (χ1v) is 7.29. The van der Waals surface area contributed by atoms with Gasteiger partial charge in [0.05, 0.1) is 13.4 Å². The molecular weight excluding hydrogens is 256 g/mol. The van der Waals surface area contributed by atoms with Crippen LogP contribution >= 0.6 is 0 Å². The van der Waals surface area contributed by atoms with Gasteiger partial charge in [-0.15, -0.1) is 0 Å². The van der Waals surface area contributed by atoms with Gasteiger partial charge in [-0.1, -0.05) is 6.42 Å². The van der Waals surface area contributed by atoms with E-state index in [1.54, 1.807) is 0 Å². The Morgan fingerprint density at radius 2 is 2.10 bits per heavy atom. The van der Waals surface area contributed by atoms with Gasteiger partial charge in [0.1, 0.15) is 0 Å². The molecule has 0 amide bonds. The van der Waals surface area contributed by atoms with E-state index in [-0.39, 0.29) is 11.3 Å². The Morgan fingerprint density at radius 1 is 1.40 bits per heavy atom. The summed E-state index contributed by atoms with van der Waals surface area (Å²) in [7, 11) is 3.73. The molecule has 1 aromatic rings. The number of aromatic nitrogens is 2. The molecule has 2 aliphatic rings. The lowest BCUT2D eigenvalue weighted by Crippen LogP contribution is -2.52. The Labute approximate surface area is 118 Å². The fourth-order valence-corrected chi connectivity index (χ4v) is 3.61. The monoisotopic (exact) mass is 278 g/mol. The lowest BCUT2D eigenvalue weighted by Gasteiger charge is -2.47. The Bertz CT molecular complexity index is 516. The van der Waals surface area contributed by atoms with Crippen LogP contribution in [0.25, 0.3) is 0 Å². The van der Waals surface area contributed by atoms with E-state index in [2.05, 4.69) is 27.2 Å². The molecule has 2 N–H and O–H groups in total. The van der Waals surface area contributed by atoms with Crippen LogP contribution in [0, 0.1) is 0 Å². The second kappa shape index (κ2) is 5.44. The van der Waals surface area contributed by atoms with Crippen molar-refractivity contribution < 1.29 is 4.74 Å². The highest BCUT2D eigenvalue weighted by Crippen LogP contribution is 2.34. The third-order valence-corrected chi connectivity index (χ3v) is 4.70. The predicted octanol–water partition coefficient (Wildman–Crippen LogP) is 1.21. The van der Waals surface area contributed by atoms with Crippen molar-refractivity contribution in [1.82, 2.24) is 14.9 Å². The molecule has 2 unspecified atom stereocenters. The summed E-state index contributed by atoms with van der Waals surface area (Å²) in [5.74, 6) is 0.834. The number of hydrogen-bond acceptors (Lipinski definition) is 5. The highest BCUT2D eigenvalue weighted by atomic mass is 16.5. The van der Waals surface area contributed by atoms with Crippen LogP contribution in [0.15, 0.2) is 11.1 Å². The number of H-pyrrole nitrogens is 1. The summed E-state index contributed by atoms with van der Waals surface area (Å²) in [4.78, 5) is 21.0. The quantitative estimate of drug-likeness (QED) is 0.869. The molecule has 2 bridgehead atoms. The van der Waals surface area contributed by atoms with Crippen LogP contribution in [-0.2, 0) is 0 Å². The van der Waals surface area contributed by atoms with Crippen LogP contribution in [0.5, 0.6) is 5.75 Å². The summed E-state index contributed by atoms with van der Waals surface area (Å²) in [5.41, 5.74) is -0.238. The minimum atomic E-state index is -0.238. The van der Waals surface area contributed by atoms with Crippen LogP contribution < -0.4 is 15.6 Å². The summed E-state index contributed by atoms with van der Waals surface area (Å²) in [6, 6.07) is 1.66. The second-order valence-electron chi connectivity index (χ2n) is 5.83. The number of rotatable bonds is 3. The van der Waals surface area contributed by atoms with Gasteiger partial charge in [-0.25, -0.2) is 4.98 Å². The fourth-order valence-electron chi connectivity index (χ4n) is 3.61. The Morgan fingerprint density at radius 3 is 2.75 bits per heavy atom. The van der Waals surface area contributed by atoms with Gasteiger partial charge in [-0.3, -0.25) is 4.79 Å². The van der Waals surface area contributed by atoms with Crippen molar-refractivity contribution in [3.8, 4) is 5.75 Å². The molecule has 2 aliphatic heterocycles. The maximum Gasteiger partial charge on any atom is 0.295 e. The van der Waals surface area contributed by atoms with E-state index in [0.717, 1.165) is 12.8 Å². The first-order valence-electron chi connectivity index (χ1n) is 7.29. The maximum absolute atomic E-state index is 11.7. The average molecular weight is 278 g/mol. The molecule has 3 heterocycles. The van der Waals surface area contributed by atoms with Gasteiger partial charge < -0.3 is 19.9 Å². The number of hydrogen-bond donors (Lipinski definition) is 2. The normalized spacial score (nSPS) is 30.0. The zero-order valence-corrected chi connectivity index (χ0v) is 12.1. The number of methoxy groups -OCH3 is 1. The summed E-state index contributed by atoms with van der Waals surface area (Å²) in [6.07, 6.45) is 7.49. The summed E-state index contributed by atoms with van der Waals surface area (Å²) in [6.45, 7) is 0. The number of nitrogens with zero attached hydrogens (tertiary/aromatic N) is 2. The Kier molecular flexibility index (Phi) is 3.65. The van der Waals surface area contributed by atoms with E-state index in [4.69, 9.17) is 4.74 Å². The Balaban J connectivity index is 1.76. The molecule has 0 saturated carbocycles. The first kappa shape index (κ1) is 13.4. The minimum Gasteiger partial charge on any atom is -0.489 e. The summed E-state index contributed by atoms with van der Waals surface area (Å²) >= 11 is 0. The van der Waals surface area contributed by atoms with Crippen LogP contribution in [0.3, 0.4) is 0 Å². The van der Waals surface area contributed by atoms with E-state index in [9.17, 15) is 4.79 Å².